The summed E-state index contributed by atoms with van der Waals surface area (Å²) in [5.74, 6) is -4.70. The third kappa shape index (κ3) is 11.9. The van der Waals surface area contributed by atoms with Crippen LogP contribution in [-0.2, 0) is 43.2 Å². The van der Waals surface area contributed by atoms with Gasteiger partial charge in [-0.15, -0.1) is 0 Å². The van der Waals surface area contributed by atoms with E-state index < -0.39 is 54.0 Å². The zero-order valence-electron chi connectivity index (χ0n) is 26.3. The SMILES string of the molecule is NC(=O)[C@H](Cc1ccccc1)NC(=O)[C@H](Cc1ccccc1)NC(=O)[C@@H]1CCCN1C(=O)[C@@H](N)Cc1ccc(O)cc1.O=C(O)C(F)(F)F. The molecule has 0 aliphatic carbocycles. The average Bonchev–Trinajstić information content (AvgIpc) is 3.56. The number of nitrogens with zero attached hydrogens (tertiary/aromatic N) is 1. The summed E-state index contributed by atoms with van der Waals surface area (Å²) in [5.41, 5.74) is 14.3. The number of carboxylic acids is 1. The highest BCUT2D eigenvalue weighted by Gasteiger charge is 2.39. The number of benzene rings is 3. The molecular weight excluding hydrogens is 647 g/mol. The molecule has 0 saturated carbocycles. The monoisotopic (exact) mass is 685 g/mol. The van der Waals surface area contributed by atoms with E-state index >= 15 is 0 Å². The van der Waals surface area contributed by atoms with Crippen LogP contribution in [0.2, 0.25) is 0 Å². The average molecular weight is 686 g/mol. The molecule has 0 aromatic heterocycles. The van der Waals surface area contributed by atoms with Gasteiger partial charge in [0.2, 0.25) is 23.6 Å². The van der Waals surface area contributed by atoms with Gasteiger partial charge in [-0.25, -0.2) is 4.79 Å². The topological polar surface area (TPSA) is 205 Å². The molecular formula is C34H38F3N5O7. The Bertz CT molecular complexity index is 1570. The van der Waals surface area contributed by atoms with Crippen LogP contribution >= 0.6 is 0 Å². The number of carboxylic acid groups (broad SMARTS) is 1. The second-order valence-corrected chi connectivity index (χ2v) is 11.4. The first-order chi connectivity index (χ1) is 23.1. The minimum Gasteiger partial charge on any atom is -0.508 e. The summed E-state index contributed by atoms with van der Waals surface area (Å²) in [7, 11) is 0. The van der Waals surface area contributed by atoms with Crippen molar-refractivity contribution in [1.82, 2.24) is 15.5 Å². The van der Waals surface area contributed by atoms with Gasteiger partial charge in [0.25, 0.3) is 0 Å². The number of rotatable bonds is 12. The number of hydrogen-bond acceptors (Lipinski definition) is 7. The van der Waals surface area contributed by atoms with E-state index in [1.165, 1.54) is 17.0 Å². The highest BCUT2D eigenvalue weighted by Crippen LogP contribution is 2.20. The van der Waals surface area contributed by atoms with Crippen molar-refractivity contribution in [2.24, 2.45) is 11.5 Å². The number of phenolic OH excluding ortho intramolecular Hbond substituents is 1. The van der Waals surface area contributed by atoms with Gasteiger partial charge in [-0.05, 0) is 48.1 Å². The first-order valence-corrected chi connectivity index (χ1v) is 15.3. The molecule has 0 unspecified atom stereocenters. The molecule has 1 fully saturated rings. The number of aromatic hydroxyl groups is 1. The summed E-state index contributed by atoms with van der Waals surface area (Å²) in [4.78, 5) is 62.9. The van der Waals surface area contributed by atoms with Gasteiger partial charge < -0.3 is 37.2 Å². The summed E-state index contributed by atoms with van der Waals surface area (Å²) < 4.78 is 31.7. The number of likely N-dealkylation sites (tertiary alicyclic amines) is 1. The number of primary amides is 1. The summed E-state index contributed by atoms with van der Waals surface area (Å²) in [5, 5.41) is 22.2. The zero-order chi connectivity index (χ0) is 36.1. The number of aliphatic carboxylic acids is 1. The number of amides is 4. The van der Waals surface area contributed by atoms with E-state index in [2.05, 4.69) is 10.6 Å². The molecule has 4 rings (SSSR count). The van der Waals surface area contributed by atoms with Crippen molar-refractivity contribution in [1.29, 1.82) is 0 Å². The number of alkyl halides is 3. The minimum atomic E-state index is -5.08. The summed E-state index contributed by atoms with van der Waals surface area (Å²) in [6, 6.07) is 21.2. The Morgan fingerprint density at radius 1 is 0.796 bits per heavy atom. The van der Waals surface area contributed by atoms with Crippen molar-refractivity contribution in [3.05, 3.63) is 102 Å². The Morgan fingerprint density at radius 3 is 1.78 bits per heavy atom. The van der Waals surface area contributed by atoms with Gasteiger partial charge >= 0.3 is 12.1 Å². The number of carbonyl (C=O) groups is 5. The number of nitrogens with two attached hydrogens (primary N) is 2. The normalized spacial score (nSPS) is 15.9. The quantitative estimate of drug-likeness (QED) is 0.166. The number of halogens is 3. The second-order valence-electron chi connectivity index (χ2n) is 11.4. The van der Waals surface area contributed by atoms with Crippen LogP contribution in [0.4, 0.5) is 13.2 Å². The summed E-state index contributed by atoms with van der Waals surface area (Å²) in [6.07, 6.45) is -3.40. The first kappa shape index (κ1) is 38.0. The molecule has 1 aliphatic rings. The van der Waals surface area contributed by atoms with Crippen LogP contribution in [0.15, 0.2) is 84.9 Å². The number of phenols is 1. The second kappa shape index (κ2) is 17.6. The Morgan fingerprint density at radius 2 is 1.29 bits per heavy atom. The molecule has 3 aromatic carbocycles. The lowest BCUT2D eigenvalue weighted by Crippen LogP contribution is -2.58. The molecule has 4 atom stereocenters. The highest BCUT2D eigenvalue weighted by molar-refractivity contribution is 5.95. The molecule has 1 saturated heterocycles. The van der Waals surface area contributed by atoms with Crippen LogP contribution in [0.5, 0.6) is 5.75 Å². The van der Waals surface area contributed by atoms with Crippen molar-refractivity contribution >= 4 is 29.6 Å². The third-order valence-electron chi connectivity index (χ3n) is 7.65. The van der Waals surface area contributed by atoms with Gasteiger partial charge in [0.15, 0.2) is 0 Å². The molecule has 1 heterocycles. The van der Waals surface area contributed by atoms with E-state index in [-0.39, 0.29) is 30.9 Å². The number of hydrogen-bond donors (Lipinski definition) is 6. The van der Waals surface area contributed by atoms with Gasteiger partial charge in [0.1, 0.15) is 23.9 Å². The van der Waals surface area contributed by atoms with E-state index in [0.29, 0.717) is 19.4 Å². The van der Waals surface area contributed by atoms with Crippen LogP contribution < -0.4 is 22.1 Å². The third-order valence-corrected chi connectivity index (χ3v) is 7.65. The maximum Gasteiger partial charge on any atom is 0.490 e. The van der Waals surface area contributed by atoms with E-state index in [0.717, 1.165) is 16.7 Å². The van der Waals surface area contributed by atoms with Gasteiger partial charge in [-0.2, -0.15) is 13.2 Å². The molecule has 0 bridgehead atoms. The van der Waals surface area contributed by atoms with Crippen molar-refractivity contribution < 1.29 is 47.4 Å². The lowest BCUT2D eigenvalue weighted by Gasteiger charge is -2.29. The number of nitrogens with one attached hydrogen (secondary N) is 2. The van der Waals surface area contributed by atoms with Crippen molar-refractivity contribution in [3.8, 4) is 5.75 Å². The molecule has 4 amide bonds. The predicted molar refractivity (Wildman–Crippen MR) is 172 cm³/mol. The number of carbonyl (C=O) groups excluding carboxylic acids is 4. The lowest BCUT2D eigenvalue weighted by molar-refractivity contribution is -0.192. The van der Waals surface area contributed by atoms with Gasteiger partial charge in [0.05, 0.1) is 6.04 Å². The maximum absolute atomic E-state index is 13.5. The molecule has 8 N–H and O–H groups in total. The fraction of sp³-hybridized carbons (Fsp3) is 0.324. The van der Waals surface area contributed by atoms with E-state index in [4.69, 9.17) is 21.4 Å². The molecule has 12 nitrogen and oxygen atoms in total. The Kier molecular flexibility index (Phi) is 13.7. The molecule has 262 valence electrons. The Balaban J connectivity index is 0.000000838. The largest absolute Gasteiger partial charge is 0.508 e. The Hall–Kier alpha value is -5.44. The predicted octanol–water partition coefficient (Wildman–Crippen LogP) is 1.83. The minimum absolute atomic E-state index is 0.117. The summed E-state index contributed by atoms with van der Waals surface area (Å²) in [6.45, 7) is 0.372. The molecule has 49 heavy (non-hydrogen) atoms. The fourth-order valence-corrected chi connectivity index (χ4v) is 5.16. The molecule has 1 aliphatic heterocycles. The smallest absolute Gasteiger partial charge is 0.490 e. The zero-order valence-corrected chi connectivity index (χ0v) is 26.3. The standard InChI is InChI=1S/C32H37N5O5.C2HF3O2/c33-25(18-23-13-15-24(38)16-14-23)32(42)37-17-7-12-28(37)31(41)36-27(20-22-10-5-2-6-11-22)30(40)35-26(29(34)39)19-21-8-3-1-4-9-21;3-2(4,5)1(6)7/h1-6,8-11,13-16,25-28,38H,7,12,17-20,33H2,(H2,34,39)(H,35,40)(H,36,41);(H,6,7)/t25-,26-,27-,28-;/m0./s1. The van der Waals surface area contributed by atoms with Crippen LogP contribution in [0.25, 0.3) is 0 Å². The summed E-state index contributed by atoms with van der Waals surface area (Å²) >= 11 is 0. The molecule has 3 aromatic rings. The highest BCUT2D eigenvalue weighted by atomic mass is 19.4. The maximum atomic E-state index is 13.5. The first-order valence-electron chi connectivity index (χ1n) is 15.3. The van der Waals surface area contributed by atoms with Gasteiger partial charge in [0, 0.05) is 19.4 Å². The lowest BCUT2D eigenvalue weighted by atomic mass is 10.0. The van der Waals surface area contributed by atoms with Crippen LogP contribution in [0.3, 0.4) is 0 Å². The Labute approximate surface area is 280 Å². The van der Waals surface area contributed by atoms with Crippen LogP contribution in [0, 0.1) is 0 Å². The van der Waals surface area contributed by atoms with Gasteiger partial charge in [-0.3, -0.25) is 19.2 Å². The molecule has 0 radical (unpaired) electrons. The van der Waals surface area contributed by atoms with E-state index in [9.17, 15) is 37.5 Å². The van der Waals surface area contributed by atoms with Crippen molar-refractivity contribution in [2.75, 3.05) is 6.54 Å². The van der Waals surface area contributed by atoms with Crippen molar-refractivity contribution in [3.63, 3.8) is 0 Å². The molecule has 0 spiro atoms. The van der Waals surface area contributed by atoms with E-state index in [1.807, 2.05) is 60.7 Å². The van der Waals surface area contributed by atoms with Gasteiger partial charge in [-0.1, -0.05) is 72.8 Å². The van der Waals surface area contributed by atoms with Crippen molar-refractivity contribution in [2.45, 2.75) is 62.4 Å². The van der Waals surface area contributed by atoms with Crippen LogP contribution in [-0.4, -0.2) is 81.6 Å². The van der Waals surface area contributed by atoms with E-state index in [1.54, 1.807) is 12.1 Å². The van der Waals surface area contributed by atoms with Crippen LogP contribution in [0.1, 0.15) is 29.5 Å². The fourth-order valence-electron chi connectivity index (χ4n) is 5.16. The molecule has 15 heteroatoms.